The largest absolute Gasteiger partial charge is 0.494 e. The van der Waals surface area contributed by atoms with Crippen molar-refractivity contribution in [1.29, 1.82) is 0 Å². The fourth-order valence-corrected chi connectivity index (χ4v) is 1.74. The summed E-state index contributed by atoms with van der Waals surface area (Å²) in [5, 5.41) is 0. The van der Waals surface area contributed by atoms with Crippen LogP contribution in [0.2, 0.25) is 0 Å². The summed E-state index contributed by atoms with van der Waals surface area (Å²) < 4.78 is 18.7. The Labute approximate surface area is 92.4 Å². The highest BCUT2D eigenvalue weighted by molar-refractivity contribution is 9.10. The zero-order valence-electron chi connectivity index (χ0n) is 8.31. The number of hydrogen-bond acceptors (Lipinski definition) is 1. The average molecular weight is 260 g/mol. The number of rotatable bonds is 4. The monoisotopic (exact) mass is 259 g/mol. The smallest absolute Gasteiger partial charge is 0.119 e. The standard InChI is InChI=1S/C11H13BrFO/c1-3-14-9-4-5-11(12)10(6-9)8(2)7-13/h4-6H,3,7H2,1-2H3. The maximum atomic E-state index is 12.5. The van der Waals surface area contributed by atoms with E-state index in [9.17, 15) is 4.39 Å². The van der Waals surface area contributed by atoms with Gasteiger partial charge in [0.1, 0.15) is 5.75 Å². The van der Waals surface area contributed by atoms with E-state index in [1.54, 1.807) is 6.92 Å². The van der Waals surface area contributed by atoms with Crippen LogP contribution in [0.4, 0.5) is 4.39 Å². The minimum absolute atomic E-state index is 0.436. The van der Waals surface area contributed by atoms with E-state index < -0.39 is 6.67 Å². The van der Waals surface area contributed by atoms with Crippen molar-refractivity contribution < 1.29 is 9.13 Å². The molecule has 3 heteroatoms. The lowest BCUT2D eigenvalue weighted by molar-refractivity contribution is 0.340. The lowest BCUT2D eigenvalue weighted by atomic mass is 10.0. The Morgan fingerprint density at radius 1 is 1.50 bits per heavy atom. The minimum Gasteiger partial charge on any atom is -0.494 e. The van der Waals surface area contributed by atoms with Crippen molar-refractivity contribution >= 4 is 15.9 Å². The zero-order chi connectivity index (χ0) is 10.6. The predicted molar refractivity (Wildman–Crippen MR) is 59.3 cm³/mol. The number of halogens is 2. The van der Waals surface area contributed by atoms with Crippen LogP contribution < -0.4 is 4.74 Å². The van der Waals surface area contributed by atoms with Gasteiger partial charge in [-0.15, -0.1) is 0 Å². The van der Waals surface area contributed by atoms with Gasteiger partial charge in [-0.1, -0.05) is 22.9 Å². The molecule has 14 heavy (non-hydrogen) atoms. The van der Waals surface area contributed by atoms with Gasteiger partial charge >= 0.3 is 0 Å². The van der Waals surface area contributed by atoms with Gasteiger partial charge in [-0.05, 0) is 30.7 Å². The first kappa shape index (κ1) is 11.5. The Morgan fingerprint density at radius 3 is 2.79 bits per heavy atom. The van der Waals surface area contributed by atoms with Crippen molar-refractivity contribution in [3.63, 3.8) is 0 Å². The molecule has 0 amide bonds. The normalized spacial score (nSPS) is 10.6. The van der Waals surface area contributed by atoms with Crippen LogP contribution in [0.5, 0.6) is 5.75 Å². The molecule has 0 fully saturated rings. The molecule has 1 aromatic rings. The second-order valence-corrected chi connectivity index (χ2v) is 3.84. The third-order valence-corrected chi connectivity index (χ3v) is 2.60. The van der Waals surface area contributed by atoms with E-state index in [0.29, 0.717) is 12.5 Å². The third-order valence-electron chi connectivity index (χ3n) is 1.91. The summed E-state index contributed by atoms with van der Waals surface area (Å²) in [6.45, 7) is 3.88. The molecule has 0 saturated heterocycles. The maximum absolute atomic E-state index is 12.5. The molecule has 0 spiro atoms. The Kier molecular flexibility index (Phi) is 4.39. The summed E-state index contributed by atoms with van der Waals surface area (Å²) >= 11 is 3.38. The zero-order valence-corrected chi connectivity index (χ0v) is 9.90. The molecule has 0 N–H and O–H groups in total. The SMILES string of the molecule is CCOc1ccc(Br)c([C](C)CF)c1. The van der Waals surface area contributed by atoms with Gasteiger partial charge in [0.15, 0.2) is 0 Å². The first-order chi connectivity index (χ1) is 6.69. The van der Waals surface area contributed by atoms with E-state index in [0.717, 1.165) is 15.8 Å². The van der Waals surface area contributed by atoms with Crippen molar-refractivity contribution in [3.8, 4) is 5.75 Å². The maximum Gasteiger partial charge on any atom is 0.119 e. The Morgan fingerprint density at radius 2 is 2.21 bits per heavy atom. The molecule has 0 heterocycles. The summed E-state index contributed by atoms with van der Waals surface area (Å²) in [5.74, 6) is 1.48. The molecule has 1 rings (SSSR count). The van der Waals surface area contributed by atoms with Gasteiger partial charge in [0.05, 0.1) is 13.3 Å². The molecule has 0 aliphatic heterocycles. The second kappa shape index (κ2) is 5.35. The van der Waals surface area contributed by atoms with E-state index in [1.165, 1.54) is 0 Å². The van der Waals surface area contributed by atoms with E-state index in [1.807, 2.05) is 25.1 Å². The van der Waals surface area contributed by atoms with E-state index in [-0.39, 0.29) is 0 Å². The van der Waals surface area contributed by atoms with Crippen molar-refractivity contribution in [2.75, 3.05) is 13.3 Å². The van der Waals surface area contributed by atoms with Crippen LogP contribution in [-0.2, 0) is 0 Å². The summed E-state index contributed by atoms with van der Waals surface area (Å²) in [6, 6.07) is 5.59. The Balaban J connectivity index is 2.95. The number of ether oxygens (including phenoxy) is 1. The van der Waals surface area contributed by atoms with Crippen LogP contribution in [0, 0.1) is 5.92 Å². The molecule has 1 nitrogen and oxygen atoms in total. The van der Waals surface area contributed by atoms with Crippen LogP contribution in [0.25, 0.3) is 0 Å². The molecule has 0 aliphatic carbocycles. The topological polar surface area (TPSA) is 9.23 Å². The fraction of sp³-hybridized carbons (Fsp3) is 0.364. The number of alkyl halides is 1. The summed E-state index contributed by atoms with van der Waals surface area (Å²) in [4.78, 5) is 0. The van der Waals surface area contributed by atoms with Gasteiger partial charge in [-0.25, -0.2) is 0 Å². The molecular formula is C11H13BrFO. The Hall–Kier alpha value is -0.570. The lowest BCUT2D eigenvalue weighted by Gasteiger charge is -2.11. The van der Waals surface area contributed by atoms with E-state index in [4.69, 9.17) is 4.74 Å². The summed E-state index contributed by atoms with van der Waals surface area (Å²) in [5.41, 5.74) is 0.874. The van der Waals surface area contributed by atoms with Crippen LogP contribution >= 0.6 is 15.9 Å². The number of hydrogen-bond donors (Lipinski definition) is 0. The first-order valence-corrected chi connectivity index (χ1v) is 5.29. The highest BCUT2D eigenvalue weighted by Gasteiger charge is 2.10. The lowest BCUT2D eigenvalue weighted by Crippen LogP contribution is -1.99. The van der Waals surface area contributed by atoms with Gasteiger partial charge in [-0.3, -0.25) is 4.39 Å². The molecule has 0 atom stereocenters. The fourth-order valence-electron chi connectivity index (χ4n) is 1.16. The Bertz CT molecular complexity index is 301. The van der Waals surface area contributed by atoms with Gasteiger partial charge in [-0.2, -0.15) is 0 Å². The molecule has 1 radical (unpaired) electrons. The molecule has 0 aliphatic rings. The minimum atomic E-state index is -0.436. The molecule has 0 saturated carbocycles. The van der Waals surface area contributed by atoms with Crippen molar-refractivity contribution in [2.24, 2.45) is 0 Å². The quantitative estimate of drug-likeness (QED) is 0.800. The van der Waals surface area contributed by atoms with Crippen LogP contribution in [0.15, 0.2) is 22.7 Å². The van der Waals surface area contributed by atoms with Crippen molar-refractivity contribution in [2.45, 2.75) is 13.8 Å². The van der Waals surface area contributed by atoms with Crippen molar-refractivity contribution in [3.05, 3.63) is 34.2 Å². The van der Waals surface area contributed by atoms with E-state index in [2.05, 4.69) is 15.9 Å². The number of benzene rings is 1. The van der Waals surface area contributed by atoms with E-state index >= 15 is 0 Å². The summed E-state index contributed by atoms with van der Waals surface area (Å²) in [7, 11) is 0. The summed E-state index contributed by atoms with van der Waals surface area (Å²) in [6.07, 6.45) is 0. The second-order valence-electron chi connectivity index (χ2n) is 2.99. The molecule has 0 unspecified atom stereocenters. The highest BCUT2D eigenvalue weighted by Crippen LogP contribution is 2.28. The van der Waals surface area contributed by atoms with Gasteiger partial charge in [0.2, 0.25) is 0 Å². The molecule has 77 valence electrons. The van der Waals surface area contributed by atoms with Gasteiger partial charge < -0.3 is 4.74 Å². The predicted octanol–water partition coefficient (Wildman–Crippen LogP) is 3.76. The van der Waals surface area contributed by atoms with Crippen LogP contribution in [0.1, 0.15) is 19.4 Å². The first-order valence-electron chi connectivity index (χ1n) is 4.50. The third kappa shape index (κ3) is 2.71. The van der Waals surface area contributed by atoms with Crippen molar-refractivity contribution in [1.82, 2.24) is 0 Å². The molecule has 0 bridgehead atoms. The highest BCUT2D eigenvalue weighted by atomic mass is 79.9. The molecular weight excluding hydrogens is 247 g/mol. The van der Waals surface area contributed by atoms with Gasteiger partial charge in [0, 0.05) is 10.4 Å². The average Bonchev–Trinajstić information content (AvgIpc) is 2.20. The van der Waals surface area contributed by atoms with Crippen LogP contribution in [-0.4, -0.2) is 13.3 Å². The van der Waals surface area contributed by atoms with Crippen LogP contribution in [0.3, 0.4) is 0 Å². The van der Waals surface area contributed by atoms with Gasteiger partial charge in [0.25, 0.3) is 0 Å². The molecule has 1 aromatic carbocycles. The molecule has 0 aromatic heterocycles.